The van der Waals surface area contributed by atoms with E-state index in [0.717, 1.165) is 31.5 Å². The number of benzene rings is 2. The summed E-state index contributed by atoms with van der Waals surface area (Å²) in [7, 11) is 0. The van der Waals surface area contributed by atoms with Crippen LogP contribution in [0.15, 0.2) is 48.5 Å². The number of anilines is 2. The summed E-state index contributed by atoms with van der Waals surface area (Å²) in [5.74, 6) is -1.21. The molecule has 14 heteroatoms. The fraction of sp³-hybridized carbons (Fsp3) is 0.500. The molecule has 5 atom stereocenters. The molecule has 2 aromatic rings. The minimum atomic E-state index is -2.06. The molecule has 1 aliphatic rings. The van der Waals surface area contributed by atoms with Gasteiger partial charge in [0.2, 0.25) is 18.4 Å². The lowest BCUT2D eigenvalue weighted by Crippen LogP contribution is -2.61. The van der Waals surface area contributed by atoms with E-state index in [1.165, 1.54) is 19.1 Å². The van der Waals surface area contributed by atoms with Crippen LogP contribution in [0.2, 0.25) is 0 Å². The second-order valence-corrected chi connectivity index (χ2v) is 11.3. The van der Waals surface area contributed by atoms with E-state index in [4.69, 9.17) is 46.9 Å². The Morgan fingerprint density at radius 3 is 2.04 bits per heavy atom. The van der Waals surface area contributed by atoms with Crippen LogP contribution in [0.25, 0.3) is 0 Å². The van der Waals surface area contributed by atoms with Gasteiger partial charge in [-0.15, -0.1) is 23.2 Å². The van der Waals surface area contributed by atoms with Crippen molar-refractivity contribution < 1.29 is 47.3 Å². The van der Waals surface area contributed by atoms with Gasteiger partial charge in [-0.25, -0.2) is 4.39 Å². The summed E-state index contributed by atoms with van der Waals surface area (Å²) in [6, 6.07) is 14.3. The number of amides is 1. The molecule has 3 rings (SSSR count). The van der Waals surface area contributed by atoms with E-state index >= 15 is 4.39 Å². The van der Waals surface area contributed by atoms with Gasteiger partial charge < -0.3 is 33.9 Å². The van der Waals surface area contributed by atoms with E-state index in [-0.39, 0.29) is 11.7 Å². The number of hydrogen-bond acceptors (Lipinski definition) is 10. The van der Waals surface area contributed by atoms with E-state index in [0.29, 0.717) is 43.4 Å². The number of halogens is 3. The van der Waals surface area contributed by atoms with Crippen LogP contribution in [0.3, 0.4) is 0 Å². The van der Waals surface area contributed by atoms with Crippen LogP contribution in [0.5, 0.6) is 5.75 Å². The van der Waals surface area contributed by atoms with Gasteiger partial charge in [-0.1, -0.05) is 12.1 Å². The van der Waals surface area contributed by atoms with Gasteiger partial charge >= 0.3 is 17.9 Å². The molecule has 1 aliphatic heterocycles. The standard InChI is InChI=1S/C32H39Cl2FN2O9/c1-20(38)42-19-27-30(43-21(2)39)31(44-22(3)40)29(35)32(46-27)45-26-13-9-24(10-14-26)36-28(41)6-4-5-23-7-11-25(12-8-23)37(17-15-33)18-16-34/h7-14,27,29-32H,4-6,15-19H2,1-3H3,(H,36,41)/t27-,29+,30-,31-,32-/m1/s1. The van der Waals surface area contributed by atoms with Crippen molar-refractivity contribution in [3.05, 3.63) is 54.1 Å². The SMILES string of the molecule is CC(=O)OC[C@H]1O[C@@H](Oc2ccc(NC(=O)CCCc3ccc(N(CCCl)CCCl)cc3)cc2)[C@@H](F)[C@@H](OC(C)=O)[C@@H]1OC(C)=O. The second-order valence-electron chi connectivity index (χ2n) is 10.5. The van der Waals surface area contributed by atoms with Crippen LogP contribution in [0.1, 0.15) is 39.2 Å². The molecule has 0 spiro atoms. The van der Waals surface area contributed by atoms with Crippen molar-refractivity contribution >= 4 is 58.4 Å². The highest BCUT2D eigenvalue weighted by molar-refractivity contribution is 6.18. The van der Waals surface area contributed by atoms with Crippen molar-refractivity contribution in [1.29, 1.82) is 0 Å². The Hall–Kier alpha value is -3.61. The molecular weight excluding hydrogens is 646 g/mol. The van der Waals surface area contributed by atoms with Crippen molar-refractivity contribution in [3.8, 4) is 5.75 Å². The van der Waals surface area contributed by atoms with Crippen molar-refractivity contribution in [2.75, 3.05) is 41.7 Å². The van der Waals surface area contributed by atoms with Crippen LogP contribution in [-0.2, 0) is 44.5 Å². The molecule has 1 N–H and O–H groups in total. The maximum atomic E-state index is 15.5. The first-order valence-corrected chi connectivity index (χ1v) is 15.9. The van der Waals surface area contributed by atoms with E-state index in [1.54, 1.807) is 12.1 Å². The molecule has 1 amide bonds. The van der Waals surface area contributed by atoms with Gasteiger partial charge in [-0.05, 0) is 54.8 Å². The Bertz CT molecular complexity index is 1290. The van der Waals surface area contributed by atoms with Gasteiger partial charge in [-0.2, -0.15) is 0 Å². The summed E-state index contributed by atoms with van der Waals surface area (Å²) in [6.45, 7) is 4.35. The number of rotatable bonds is 16. The molecule has 1 fully saturated rings. The Kier molecular flexibility index (Phi) is 14.8. The molecule has 11 nitrogen and oxygen atoms in total. The van der Waals surface area contributed by atoms with E-state index < -0.39 is 55.3 Å². The summed E-state index contributed by atoms with van der Waals surface area (Å²) < 4.78 is 42.2. The summed E-state index contributed by atoms with van der Waals surface area (Å²) in [4.78, 5) is 49.5. The van der Waals surface area contributed by atoms with Gasteiger partial charge in [-0.3, -0.25) is 19.2 Å². The maximum absolute atomic E-state index is 15.5. The molecule has 1 heterocycles. The average Bonchev–Trinajstić information content (AvgIpc) is 3.00. The average molecular weight is 686 g/mol. The van der Waals surface area contributed by atoms with E-state index in [2.05, 4.69) is 10.2 Å². The molecule has 0 bridgehead atoms. The van der Waals surface area contributed by atoms with Crippen LogP contribution >= 0.6 is 23.2 Å². The lowest BCUT2D eigenvalue weighted by atomic mass is 9.99. The smallest absolute Gasteiger partial charge is 0.303 e. The lowest BCUT2D eigenvalue weighted by molar-refractivity contribution is -0.271. The molecule has 0 unspecified atom stereocenters. The predicted octanol–water partition coefficient (Wildman–Crippen LogP) is 4.80. The molecule has 0 radical (unpaired) electrons. The predicted molar refractivity (Wildman–Crippen MR) is 170 cm³/mol. The van der Waals surface area contributed by atoms with Crippen molar-refractivity contribution in [1.82, 2.24) is 0 Å². The molecule has 0 aliphatic carbocycles. The van der Waals surface area contributed by atoms with Gasteiger partial charge in [0, 0.05) is 63.4 Å². The summed E-state index contributed by atoms with van der Waals surface area (Å²) in [5.41, 5.74) is 2.66. The van der Waals surface area contributed by atoms with Gasteiger partial charge in [0.15, 0.2) is 12.2 Å². The Morgan fingerprint density at radius 2 is 1.48 bits per heavy atom. The number of ether oxygens (including phenoxy) is 5. The fourth-order valence-electron chi connectivity index (χ4n) is 4.83. The van der Waals surface area contributed by atoms with Gasteiger partial charge in [0.05, 0.1) is 0 Å². The molecule has 2 aromatic carbocycles. The summed E-state index contributed by atoms with van der Waals surface area (Å²) >= 11 is 11.8. The van der Waals surface area contributed by atoms with Crippen molar-refractivity contribution in [2.24, 2.45) is 0 Å². The highest BCUT2D eigenvalue weighted by Gasteiger charge is 2.52. The Labute approximate surface area is 277 Å². The number of aryl methyl sites for hydroxylation is 1. The minimum Gasteiger partial charge on any atom is -0.463 e. The number of esters is 3. The highest BCUT2D eigenvalue weighted by Crippen LogP contribution is 2.31. The van der Waals surface area contributed by atoms with Crippen LogP contribution in [0, 0.1) is 0 Å². The minimum absolute atomic E-state index is 0.172. The number of carbonyl (C=O) groups excluding carboxylic acids is 4. The van der Waals surface area contributed by atoms with E-state index in [1.807, 2.05) is 24.3 Å². The molecular formula is C32H39Cl2FN2O9. The first kappa shape index (κ1) is 36.9. The molecule has 0 aromatic heterocycles. The van der Waals surface area contributed by atoms with Crippen LogP contribution in [-0.4, -0.2) is 86.0 Å². The van der Waals surface area contributed by atoms with Crippen molar-refractivity contribution in [2.45, 2.75) is 70.8 Å². The quantitative estimate of drug-likeness (QED) is 0.150. The lowest BCUT2D eigenvalue weighted by Gasteiger charge is -2.41. The zero-order valence-electron chi connectivity index (χ0n) is 25.9. The number of hydrogen-bond donors (Lipinski definition) is 1. The molecule has 46 heavy (non-hydrogen) atoms. The maximum Gasteiger partial charge on any atom is 0.303 e. The number of alkyl halides is 3. The number of carbonyl (C=O) groups is 4. The normalized spacial score (nSPS) is 20.7. The number of nitrogens with zero attached hydrogens (tertiary/aromatic N) is 1. The van der Waals surface area contributed by atoms with Crippen LogP contribution < -0.4 is 15.0 Å². The molecule has 0 saturated carbocycles. The first-order chi connectivity index (χ1) is 22.0. The molecule has 1 saturated heterocycles. The third kappa shape index (κ3) is 11.6. The van der Waals surface area contributed by atoms with Crippen molar-refractivity contribution in [3.63, 3.8) is 0 Å². The van der Waals surface area contributed by atoms with Crippen LogP contribution in [0.4, 0.5) is 15.8 Å². The third-order valence-electron chi connectivity index (χ3n) is 6.90. The van der Waals surface area contributed by atoms with Gasteiger partial charge in [0.25, 0.3) is 0 Å². The number of nitrogens with one attached hydrogen (secondary N) is 1. The molecule has 252 valence electrons. The fourth-order valence-corrected chi connectivity index (χ4v) is 5.24. The Morgan fingerprint density at radius 1 is 0.870 bits per heavy atom. The van der Waals surface area contributed by atoms with Gasteiger partial charge in [0.1, 0.15) is 18.5 Å². The van der Waals surface area contributed by atoms with E-state index in [9.17, 15) is 19.2 Å². The summed E-state index contributed by atoms with van der Waals surface area (Å²) in [5, 5.41) is 2.82. The Balaban J connectivity index is 1.55. The zero-order chi connectivity index (χ0) is 33.6. The summed E-state index contributed by atoms with van der Waals surface area (Å²) in [6.07, 6.45) is -6.16. The highest BCUT2D eigenvalue weighted by atomic mass is 35.5. The topological polar surface area (TPSA) is 130 Å². The first-order valence-electron chi connectivity index (χ1n) is 14.8. The second kappa shape index (κ2) is 18.5. The zero-order valence-corrected chi connectivity index (χ0v) is 27.4. The largest absolute Gasteiger partial charge is 0.463 e. The monoisotopic (exact) mass is 684 g/mol. The third-order valence-corrected chi connectivity index (χ3v) is 7.24.